The highest BCUT2D eigenvalue weighted by Gasteiger charge is 2.11. The van der Waals surface area contributed by atoms with E-state index in [-0.39, 0.29) is 5.97 Å². The number of halogens is 1. The Morgan fingerprint density at radius 3 is 3.00 bits per heavy atom. The lowest BCUT2D eigenvalue weighted by molar-refractivity contribution is 0.0603. The van der Waals surface area contributed by atoms with Crippen LogP contribution in [0.5, 0.6) is 0 Å². The van der Waals surface area contributed by atoms with Crippen molar-refractivity contribution in [3.05, 3.63) is 35.0 Å². The summed E-state index contributed by atoms with van der Waals surface area (Å²) in [6.07, 6.45) is 1.62. The van der Waals surface area contributed by atoms with Crippen molar-refractivity contribution in [1.29, 1.82) is 0 Å². The summed E-state index contributed by atoms with van der Waals surface area (Å²) in [5.41, 5.74) is 1.36. The van der Waals surface area contributed by atoms with E-state index < -0.39 is 0 Å². The first-order valence-electron chi connectivity index (χ1n) is 4.07. The minimum absolute atomic E-state index is 0.349. The summed E-state index contributed by atoms with van der Waals surface area (Å²) in [6, 6.07) is 5.30. The van der Waals surface area contributed by atoms with Crippen molar-refractivity contribution in [2.45, 2.75) is 0 Å². The summed E-state index contributed by atoms with van der Waals surface area (Å²) in [6.45, 7) is 0. The molecule has 1 aromatic heterocycles. The molecule has 0 aliphatic heterocycles. The molecular formula is C10H8ClNO2. The molecule has 0 aliphatic carbocycles. The number of fused-ring (bicyclic) bond motifs is 1. The zero-order valence-electron chi connectivity index (χ0n) is 7.50. The van der Waals surface area contributed by atoms with Gasteiger partial charge in [-0.2, -0.15) is 0 Å². The average molecular weight is 210 g/mol. The Morgan fingerprint density at radius 1 is 1.50 bits per heavy atom. The third-order valence-electron chi connectivity index (χ3n) is 2.05. The normalized spacial score (nSPS) is 10.4. The molecule has 1 heterocycles. The number of carbonyl (C=O) groups is 1. The Morgan fingerprint density at radius 2 is 2.29 bits per heavy atom. The number of hydrogen-bond donors (Lipinski definition) is 1. The van der Waals surface area contributed by atoms with Gasteiger partial charge in [0.25, 0.3) is 0 Å². The van der Waals surface area contributed by atoms with E-state index in [1.54, 1.807) is 24.4 Å². The van der Waals surface area contributed by atoms with Crippen LogP contribution in [-0.4, -0.2) is 18.1 Å². The molecule has 0 spiro atoms. The molecule has 72 valence electrons. The SMILES string of the molecule is COC(=O)c1c[nH]c2cc(Cl)ccc12. The van der Waals surface area contributed by atoms with Gasteiger partial charge in [-0.3, -0.25) is 0 Å². The minimum atomic E-state index is -0.349. The van der Waals surface area contributed by atoms with Gasteiger partial charge in [0.2, 0.25) is 0 Å². The topological polar surface area (TPSA) is 42.1 Å². The summed E-state index contributed by atoms with van der Waals surface area (Å²) >= 11 is 5.81. The zero-order valence-corrected chi connectivity index (χ0v) is 8.26. The predicted molar refractivity (Wildman–Crippen MR) is 54.6 cm³/mol. The van der Waals surface area contributed by atoms with Gasteiger partial charge in [-0.05, 0) is 12.1 Å². The van der Waals surface area contributed by atoms with Gasteiger partial charge < -0.3 is 9.72 Å². The smallest absolute Gasteiger partial charge is 0.340 e. The molecule has 4 heteroatoms. The second-order valence-electron chi connectivity index (χ2n) is 2.88. The van der Waals surface area contributed by atoms with E-state index in [2.05, 4.69) is 9.72 Å². The Bertz CT molecular complexity index is 490. The molecule has 3 nitrogen and oxygen atoms in total. The lowest BCUT2D eigenvalue weighted by Crippen LogP contribution is -1.99. The van der Waals surface area contributed by atoms with E-state index in [0.29, 0.717) is 10.6 Å². The highest BCUT2D eigenvalue weighted by atomic mass is 35.5. The third kappa shape index (κ3) is 1.36. The van der Waals surface area contributed by atoms with Gasteiger partial charge >= 0.3 is 5.97 Å². The molecule has 14 heavy (non-hydrogen) atoms. The molecule has 0 fully saturated rings. The van der Waals surface area contributed by atoms with E-state index in [0.717, 1.165) is 10.9 Å². The predicted octanol–water partition coefficient (Wildman–Crippen LogP) is 2.61. The fraction of sp³-hybridized carbons (Fsp3) is 0.100. The Balaban J connectivity index is 2.64. The van der Waals surface area contributed by atoms with Crippen LogP contribution in [0.2, 0.25) is 5.02 Å². The highest BCUT2D eigenvalue weighted by molar-refractivity contribution is 6.31. The van der Waals surface area contributed by atoms with E-state index in [9.17, 15) is 4.79 Å². The van der Waals surface area contributed by atoms with Crippen LogP contribution < -0.4 is 0 Å². The highest BCUT2D eigenvalue weighted by Crippen LogP contribution is 2.22. The number of aromatic amines is 1. The Hall–Kier alpha value is -1.48. The van der Waals surface area contributed by atoms with Gasteiger partial charge in [-0.25, -0.2) is 4.79 Å². The fourth-order valence-corrected chi connectivity index (χ4v) is 1.55. The van der Waals surface area contributed by atoms with Crippen molar-refractivity contribution in [2.75, 3.05) is 7.11 Å². The molecule has 2 aromatic rings. The van der Waals surface area contributed by atoms with Crippen LogP contribution in [-0.2, 0) is 4.74 Å². The number of benzene rings is 1. The van der Waals surface area contributed by atoms with Crippen LogP contribution >= 0.6 is 11.6 Å². The summed E-state index contributed by atoms with van der Waals surface area (Å²) in [5, 5.41) is 1.46. The van der Waals surface area contributed by atoms with Crippen molar-refractivity contribution in [3.63, 3.8) is 0 Å². The summed E-state index contributed by atoms with van der Waals surface area (Å²) in [7, 11) is 1.36. The first-order valence-corrected chi connectivity index (χ1v) is 4.45. The summed E-state index contributed by atoms with van der Waals surface area (Å²) in [5.74, 6) is -0.349. The largest absolute Gasteiger partial charge is 0.465 e. The number of ether oxygens (including phenoxy) is 1. The van der Waals surface area contributed by atoms with Gasteiger partial charge in [0, 0.05) is 22.1 Å². The van der Waals surface area contributed by atoms with Crippen molar-refractivity contribution < 1.29 is 9.53 Å². The molecule has 0 radical (unpaired) electrons. The van der Waals surface area contributed by atoms with Crippen LogP contribution in [0.4, 0.5) is 0 Å². The van der Waals surface area contributed by atoms with Crippen LogP contribution in [0.25, 0.3) is 10.9 Å². The molecular weight excluding hydrogens is 202 g/mol. The van der Waals surface area contributed by atoms with E-state index in [1.165, 1.54) is 7.11 Å². The minimum Gasteiger partial charge on any atom is -0.465 e. The fourth-order valence-electron chi connectivity index (χ4n) is 1.38. The molecule has 0 saturated carbocycles. The second-order valence-corrected chi connectivity index (χ2v) is 3.32. The van der Waals surface area contributed by atoms with Crippen molar-refractivity contribution >= 4 is 28.5 Å². The maximum Gasteiger partial charge on any atom is 0.340 e. The average Bonchev–Trinajstić information content (AvgIpc) is 2.59. The maximum atomic E-state index is 11.3. The number of H-pyrrole nitrogens is 1. The van der Waals surface area contributed by atoms with Gasteiger partial charge in [-0.1, -0.05) is 17.7 Å². The van der Waals surface area contributed by atoms with Gasteiger partial charge in [0.1, 0.15) is 0 Å². The van der Waals surface area contributed by atoms with E-state index >= 15 is 0 Å². The van der Waals surface area contributed by atoms with Crippen molar-refractivity contribution in [2.24, 2.45) is 0 Å². The van der Waals surface area contributed by atoms with Crippen LogP contribution in [0, 0.1) is 0 Å². The molecule has 0 atom stereocenters. The number of esters is 1. The maximum absolute atomic E-state index is 11.3. The molecule has 0 aliphatic rings. The number of carbonyl (C=O) groups excluding carboxylic acids is 1. The summed E-state index contributed by atoms with van der Waals surface area (Å²) < 4.78 is 4.64. The molecule has 0 saturated heterocycles. The zero-order chi connectivity index (χ0) is 10.1. The van der Waals surface area contributed by atoms with Crippen molar-refractivity contribution in [3.8, 4) is 0 Å². The van der Waals surface area contributed by atoms with Gasteiger partial charge in [0.05, 0.1) is 12.7 Å². The quantitative estimate of drug-likeness (QED) is 0.734. The first kappa shape index (κ1) is 9.09. The molecule has 1 aromatic carbocycles. The number of rotatable bonds is 1. The van der Waals surface area contributed by atoms with Crippen molar-refractivity contribution in [1.82, 2.24) is 4.98 Å². The van der Waals surface area contributed by atoms with Gasteiger partial charge in [0.15, 0.2) is 0 Å². The second kappa shape index (κ2) is 3.35. The number of nitrogens with one attached hydrogen (secondary N) is 1. The Kier molecular flexibility index (Phi) is 2.17. The number of methoxy groups -OCH3 is 1. The standard InChI is InChI=1S/C10H8ClNO2/c1-14-10(13)8-5-12-9-4-6(11)2-3-7(8)9/h2-5,12H,1H3. The molecule has 0 amide bonds. The summed E-state index contributed by atoms with van der Waals surface area (Å²) in [4.78, 5) is 14.3. The Labute approximate surface area is 85.6 Å². The lowest BCUT2D eigenvalue weighted by Gasteiger charge is -1.96. The molecule has 0 bridgehead atoms. The third-order valence-corrected chi connectivity index (χ3v) is 2.28. The molecule has 1 N–H and O–H groups in total. The van der Waals surface area contributed by atoms with Gasteiger partial charge in [-0.15, -0.1) is 0 Å². The number of hydrogen-bond acceptors (Lipinski definition) is 2. The number of aromatic nitrogens is 1. The van der Waals surface area contributed by atoms with E-state index in [1.807, 2.05) is 0 Å². The van der Waals surface area contributed by atoms with Crippen LogP contribution in [0.3, 0.4) is 0 Å². The van der Waals surface area contributed by atoms with Crippen LogP contribution in [0.1, 0.15) is 10.4 Å². The molecule has 0 unspecified atom stereocenters. The first-order chi connectivity index (χ1) is 6.72. The van der Waals surface area contributed by atoms with E-state index in [4.69, 9.17) is 11.6 Å². The monoisotopic (exact) mass is 209 g/mol. The lowest BCUT2D eigenvalue weighted by atomic mass is 10.2. The van der Waals surface area contributed by atoms with Crippen LogP contribution in [0.15, 0.2) is 24.4 Å². The molecule has 2 rings (SSSR count).